The highest BCUT2D eigenvalue weighted by Gasteiger charge is 2.37. The minimum Gasteiger partial charge on any atom is -0.492 e. The molecule has 24 heavy (non-hydrogen) atoms. The Bertz CT molecular complexity index is 654. The maximum absolute atomic E-state index is 6.30. The Labute approximate surface area is 158 Å². The largest absolute Gasteiger partial charge is 0.492 e. The third-order valence-corrected chi connectivity index (χ3v) is 10.3. The van der Waals surface area contributed by atoms with Gasteiger partial charge in [0.2, 0.25) is 0 Å². The number of ether oxygens (including phenoxy) is 1. The average Bonchev–Trinajstić information content (AvgIpc) is 3.00. The molecule has 6 heteroatoms. The van der Waals surface area contributed by atoms with Crippen molar-refractivity contribution in [1.29, 1.82) is 0 Å². The first-order valence-corrected chi connectivity index (χ1v) is 12.8. The van der Waals surface area contributed by atoms with Gasteiger partial charge in [0.15, 0.2) is 8.32 Å². The molecule has 0 aliphatic carbocycles. The second kappa shape index (κ2) is 8.12. The van der Waals surface area contributed by atoms with E-state index in [0.29, 0.717) is 13.2 Å². The highest BCUT2D eigenvalue weighted by Crippen LogP contribution is 2.37. The zero-order valence-electron chi connectivity index (χ0n) is 15.1. The maximum Gasteiger partial charge on any atom is 0.192 e. The van der Waals surface area contributed by atoms with Gasteiger partial charge in [-0.2, -0.15) is 0 Å². The molecule has 0 aliphatic rings. The minimum atomic E-state index is -1.74. The average molecular weight is 428 g/mol. The van der Waals surface area contributed by atoms with Crippen LogP contribution in [0.2, 0.25) is 18.1 Å². The third kappa shape index (κ3) is 5.41. The molecule has 1 aromatic carbocycles. The molecule has 0 saturated heterocycles. The van der Waals surface area contributed by atoms with Crippen molar-refractivity contribution in [2.75, 3.05) is 6.61 Å². The summed E-state index contributed by atoms with van der Waals surface area (Å²) < 4.78 is 13.2. The molecule has 0 atom stereocenters. The van der Waals surface area contributed by atoms with Crippen molar-refractivity contribution in [2.45, 2.75) is 51.9 Å². The summed E-state index contributed by atoms with van der Waals surface area (Å²) in [6, 6.07) is 6.19. The fourth-order valence-corrected chi connectivity index (χ4v) is 3.77. The predicted molar refractivity (Wildman–Crippen MR) is 107 cm³/mol. The van der Waals surface area contributed by atoms with Crippen LogP contribution in [0, 0.1) is 0 Å². The fraction of sp³-hybridized carbons (Fsp3) is 0.500. The first-order valence-electron chi connectivity index (χ1n) is 8.11. The summed E-state index contributed by atoms with van der Waals surface area (Å²) >= 11 is 5.17. The van der Waals surface area contributed by atoms with Crippen LogP contribution in [0.4, 0.5) is 0 Å². The number of halogens is 1. The quantitative estimate of drug-likeness (QED) is 0.503. The van der Waals surface area contributed by atoms with Gasteiger partial charge in [-0.05, 0) is 51.8 Å². The lowest BCUT2D eigenvalue weighted by atomic mass is 10.2. The summed E-state index contributed by atoms with van der Waals surface area (Å²) in [5, 5.41) is 2.27. The Morgan fingerprint density at radius 3 is 2.62 bits per heavy atom. The number of nitrogens with zero attached hydrogens (tertiary/aromatic N) is 1. The van der Waals surface area contributed by atoms with Crippen molar-refractivity contribution in [3.05, 3.63) is 44.8 Å². The molecule has 0 spiro atoms. The van der Waals surface area contributed by atoms with Crippen molar-refractivity contribution in [1.82, 2.24) is 4.98 Å². The van der Waals surface area contributed by atoms with Crippen LogP contribution < -0.4 is 4.74 Å². The molecular weight excluding hydrogens is 402 g/mol. The molecule has 1 aromatic heterocycles. The molecule has 2 aromatic rings. The number of hydrogen-bond acceptors (Lipinski definition) is 4. The molecule has 0 N–H and O–H groups in total. The Morgan fingerprint density at radius 2 is 2.00 bits per heavy atom. The summed E-state index contributed by atoms with van der Waals surface area (Å²) in [7, 11) is -1.74. The fourth-order valence-electron chi connectivity index (χ4n) is 1.85. The van der Waals surface area contributed by atoms with Gasteiger partial charge in [0, 0.05) is 11.8 Å². The lowest BCUT2D eigenvalue weighted by Gasteiger charge is -2.36. The number of rotatable bonds is 7. The predicted octanol–water partition coefficient (Wildman–Crippen LogP) is 6.05. The van der Waals surface area contributed by atoms with E-state index in [9.17, 15) is 0 Å². The standard InChI is InChI=1S/C18H26BrNO2SSi/c1-18(2,3)24(4,5)22-11-14-6-7-16(19)17(10-14)21-9-8-15-12-23-13-20-15/h6-7,10,12-13H,8-9,11H2,1-5H3. The minimum absolute atomic E-state index is 0.217. The van der Waals surface area contributed by atoms with E-state index in [2.05, 4.69) is 72.3 Å². The maximum atomic E-state index is 6.30. The molecule has 0 aliphatic heterocycles. The number of benzene rings is 1. The van der Waals surface area contributed by atoms with E-state index in [1.807, 2.05) is 11.6 Å². The van der Waals surface area contributed by atoms with Crippen LogP contribution >= 0.6 is 27.3 Å². The van der Waals surface area contributed by atoms with Gasteiger partial charge in [0.05, 0.1) is 28.9 Å². The van der Waals surface area contributed by atoms with Gasteiger partial charge in [-0.15, -0.1) is 11.3 Å². The first-order chi connectivity index (χ1) is 11.2. The first kappa shape index (κ1) is 19.6. The van der Waals surface area contributed by atoms with Gasteiger partial charge < -0.3 is 9.16 Å². The van der Waals surface area contributed by atoms with Crippen molar-refractivity contribution in [3.8, 4) is 5.75 Å². The van der Waals surface area contributed by atoms with Crippen molar-refractivity contribution in [3.63, 3.8) is 0 Å². The Hall–Kier alpha value is -0.693. The molecule has 0 fully saturated rings. The van der Waals surface area contributed by atoms with E-state index in [1.165, 1.54) is 0 Å². The molecule has 3 nitrogen and oxygen atoms in total. The molecule has 0 bridgehead atoms. The second-order valence-corrected chi connectivity index (χ2v) is 13.8. The number of hydrogen-bond donors (Lipinski definition) is 0. The van der Waals surface area contributed by atoms with Crippen LogP contribution in [-0.2, 0) is 17.5 Å². The van der Waals surface area contributed by atoms with Crippen LogP contribution in [0.15, 0.2) is 33.6 Å². The molecule has 0 unspecified atom stereocenters. The van der Waals surface area contributed by atoms with Gasteiger partial charge in [-0.3, -0.25) is 0 Å². The van der Waals surface area contributed by atoms with Gasteiger partial charge in [-0.1, -0.05) is 26.8 Å². The second-order valence-electron chi connectivity index (χ2n) is 7.39. The van der Waals surface area contributed by atoms with Crippen molar-refractivity contribution in [2.24, 2.45) is 0 Å². The molecule has 132 valence electrons. The molecule has 1 heterocycles. The molecule has 0 radical (unpaired) electrons. The molecular formula is C18H26BrNO2SSi. The van der Waals surface area contributed by atoms with Crippen LogP contribution in [0.1, 0.15) is 32.0 Å². The van der Waals surface area contributed by atoms with Crippen LogP contribution in [0.3, 0.4) is 0 Å². The topological polar surface area (TPSA) is 31.4 Å². The monoisotopic (exact) mass is 427 g/mol. The van der Waals surface area contributed by atoms with Gasteiger partial charge >= 0.3 is 0 Å². The van der Waals surface area contributed by atoms with Gasteiger partial charge in [0.1, 0.15) is 5.75 Å². The lowest BCUT2D eigenvalue weighted by molar-refractivity contribution is 0.274. The van der Waals surface area contributed by atoms with E-state index >= 15 is 0 Å². The summed E-state index contributed by atoms with van der Waals surface area (Å²) in [5.74, 6) is 0.863. The van der Waals surface area contributed by atoms with Crippen LogP contribution in [0.25, 0.3) is 0 Å². The lowest BCUT2D eigenvalue weighted by Crippen LogP contribution is -2.40. The summed E-state index contributed by atoms with van der Waals surface area (Å²) in [6.45, 7) is 12.6. The normalized spacial score (nSPS) is 12.4. The summed E-state index contributed by atoms with van der Waals surface area (Å²) in [4.78, 5) is 4.28. The molecule has 0 saturated carbocycles. The SMILES string of the molecule is CC(C)(C)[Si](C)(C)OCc1ccc(Br)c(OCCc2cscn2)c1. The zero-order valence-corrected chi connectivity index (χ0v) is 18.5. The van der Waals surface area contributed by atoms with E-state index in [1.54, 1.807) is 11.3 Å². The molecule has 0 amide bonds. The van der Waals surface area contributed by atoms with E-state index in [4.69, 9.17) is 9.16 Å². The third-order valence-electron chi connectivity index (χ3n) is 4.50. The van der Waals surface area contributed by atoms with Crippen molar-refractivity contribution < 1.29 is 9.16 Å². The number of aromatic nitrogens is 1. The number of thiazole rings is 1. The van der Waals surface area contributed by atoms with E-state index in [-0.39, 0.29) is 5.04 Å². The highest BCUT2D eigenvalue weighted by atomic mass is 79.9. The zero-order chi connectivity index (χ0) is 17.8. The Kier molecular flexibility index (Phi) is 6.64. The smallest absolute Gasteiger partial charge is 0.192 e. The van der Waals surface area contributed by atoms with Gasteiger partial charge in [0.25, 0.3) is 0 Å². The summed E-state index contributed by atoms with van der Waals surface area (Å²) in [6.07, 6.45) is 0.820. The van der Waals surface area contributed by atoms with E-state index in [0.717, 1.165) is 27.9 Å². The molecule has 2 rings (SSSR count). The van der Waals surface area contributed by atoms with Crippen molar-refractivity contribution >= 4 is 35.6 Å². The highest BCUT2D eigenvalue weighted by molar-refractivity contribution is 9.10. The van der Waals surface area contributed by atoms with Crippen LogP contribution in [0.5, 0.6) is 5.75 Å². The van der Waals surface area contributed by atoms with Crippen LogP contribution in [-0.4, -0.2) is 19.9 Å². The van der Waals surface area contributed by atoms with E-state index < -0.39 is 8.32 Å². The summed E-state index contributed by atoms with van der Waals surface area (Å²) in [5.41, 5.74) is 4.07. The Morgan fingerprint density at radius 1 is 1.25 bits per heavy atom. The van der Waals surface area contributed by atoms with Gasteiger partial charge in [-0.25, -0.2) is 4.98 Å². The Balaban J connectivity index is 1.95.